The van der Waals surface area contributed by atoms with E-state index in [1.54, 1.807) is 16.9 Å². The van der Waals surface area contributed by atoms with E-state index in [0.29, 0.717) is 24.7 Å². The van der Waals surface area contributed by atoms with Crippen molar-refractivity contribution in [3.05, 3.63) is 53.9 Å². The van der Waals surface area contributed by atoms with Gasteiger partial charge in [0.05, 0.1) is 17.8 Å². The Morgan fingerprint density at radius 1 is 1.21 bits per heavy atom. The molecule has 3 aromatic rings. The Morgan fingerprint density at radius 3 is 2.58 bits per heavy atom. The number of carbonyl (C=O) groups is 2. The Balaban J connectivity index is 1.46. The van der Waals surface area contributed by atoms with Gasteiger partial charge in [-0.15, -0.1) is 0 Å². The van der Waals surface area contributed by atoms with Crippen LogP contribution in [0.4, 0.5) is 5.82 Å². The number of aliphatic hydroxyl groups is 1. The van der Waals surface area contributed by atoms with Gasteiger partial charge in [0.1, 0.15) is 12.0 Å². The van der Waals surface area contributed by atoms with Crippen LogP contribution in [0.1, 0.15) is 50.5 Å². The Morgan fingerprint density at radius 2 is 1.95 bits per heavy atom. The van der Waals surface area contributed by atoms with Gasteiger partial charge in [0.15, 0.2) is 11.6 Å². The summed E-state index contributed by atoms with van der Waals surface area (Å²) >= 11 is 0. The molecule has 4 atom stereocenters. The third-order valence-corrected chi connectivity index (χ3v) is 6.97. The average molecular weight is 524 g/mol. The van der Waals surface area contributed by atoms with E-state index in [-0.39, 0.29) is 36.7 Å². The molecule has 1 saturated heterocycles. The standard InChI is InChI=1S/C27H37N7O4/c1-16(2)25(23-14-24(32-38-23)29-12-10-28)27(37)34-15-20(35)13-22(34)26(36)31-17(3)18-5-7-19(8-6-18)21-9-11-30-33(21)4/h5-9,11,14,16-17,20,22,25,35H,10,12-13,15,28H2,1-4H3,(H,29,32)(H,31,36)/t17-,20+,22-,25+/m0/s1. The molecule has 3 heterocycles. The second-order valence-electron chi connectivity index (χ2n) is 10.1. The maximum atomic E-state index is 13.7. The highest BCUT2D eigenvalue weighted by atomic mass is 16.5. The lowest BCUT2D eigenvalue weighted by Gasteiger charge is -2.29. The summed E-state index contributed by atoms with van der Waals surface area (Å²) in [5, 5.41) is 24.7. The zero-order chi connectivity index (χ0) is 27.4. The first kappa shape index (κ1) is 27.3. The van der Waals surface area contributed by atoms with Gasteiger partial charge >= 0.3 is 0 Å². The molecule has 4 rings (SSSR count). The van der Waals surface area contributed by atoms with Crippen LogP contribution in [0.2, 0.25) is 0 Å². The van der Waals surface area contributed by atoms with Gasteiger partial charge in [-0.05, 0) is 30.0 Å². The van der Waals surface area contributed by atoms with Gasteiger partial charge in [-0.1, -0.05) is 43.3 Å². The van der Waals surface area contributed by atoms with E-state index in [2.05, 4.69) is 20.9 Å². The van der Waals surface area contributed by atoms with Crippen LogP contribution in [0.25, 0.3) is 11.3 Å². The van der Waals surface area contributed by atoms with E-state index >= 15 is 0 Å². The predicted octanol–water partition coefficient (Wildman–Crippen LogP) is 2.02. The van der Waals surface area contributed by atoms with Crippen molar-refractivity contribution >= 4 is 17.6 Å². The summed E-state index contributed by atoms with van der Waals surface area (Å²) in [5.74, 6) is -0.422. The maximum Gasteiger partial charge on any atom is 0.243 e. The summed E-state index contributed by atoms with van der Waals surface area (Å²) in [7, 11) is 1.89. The van der Waals surface area contributed by atoms with Crippen LogP contribution >= 0.6 is 0 Å². The van der Waals surface area contributed by atoms with E-state index in [4.69, 9.17) is 10.3 Å². The van der Waals surface area contributed by atoms with E-state index in [1.165, 1.54) is 4.90 Å². The van der Waals surface area contributed by atoms with E-state index in [9.17, 15) is 14.7 Å². The van der Waals surface area contributed by atoms with E-state index in [1.807, 2.05) is 58.2 Å². The smallest absolute Gasteiger partial charge is 0.243 e. The molecule has 2 aromatic heterocycles. The quantitative estimate of drug-likeness (QED) is 0.315. The Hall–Kier alpha value is -3.70. The number of aromatic nitrogens is 3. The second-order valence-corrected chi connectivity index (χ2v) is 10.1. The Labute approximate surface area is 222 Å². The van der Waals surface area contributed by atoms with Gasteiger partial charge in [-0.2, -0.15) is 5.10 Å². The number of rotatable bonds is 10. The number of hydrogen-bond acceptors (Lipinski definition) is 8. The number of β-amino-alcohol motifs (C(OH)–C–C–N with tert-alkyl or cyclic N) is 1. The van der Waals surface area contributed by atoms with Gasteiger partial charge in [0.2, 0.25) is 11.8 Å². The predicted molar refractivity (Wildman–Crippen MR) is 143 cm³/mol. The van der Waals surface area contributed by atoms with E-state index < -0.39 is 18.1 Å². The molecule has 38 heavy (non-hydrogen) atoms. The maximum absolute atomic E-state index is 13.7. The Bertz CT molecular complexity index is 1240. The van der Waals surface area contributed by atoms with Crippen molar-refractivity contribution in [3.63, 3.8) is 0 Å². The molecule has 2 amide bonds. The van der Waals surface area contributed by atoms with Crippen molar-refractivity contribution < 1.29 is 19.2 Å². The van der Waals surface area contributed by atoms with Crippen LogP contribution in [-0.2, 0) is 16.6 Å². The minimum Gasteiger partial charge on any atom is -0.391 e. The lowest BCUT2D eigenvalue weighted by molar-refractivity contribution is -0.141. The van der Waals surface area contributed by atoms with Crippen LogP contribution in [0.3, 0.4) is 0 Å². The number of aryl methyl sites for hydroxylation is 1. The molecule has 0 spiro atoms. The topological polar surface area (TPSA) is 152 Å². The first-order valence-electron chi connectivity index (χ1n) is 13.0. The van der Waals surface area contributed by atoms with Gasteiger partial charge < -0.3 is 30.9 Å². The first-order valence-corrected chi connectivity index (χ1v) is 13.0. The summed E-state index contributed by atoms with van der Waals surface area (Å²) in [5.41, 5.74) is 8.49. The third-order valence-electron chi connectivity index (χ3n) is 6.97. The molecule has 0 bridgehead atoms. The molecular formula is C27H37N7O4. The summed E-state index contributed by atoms with van der Waals surface area (Å²) in [6.07, 6.45) is 1.14. The fraction of sp³-hybridized carbons (Fsp3) is 0.481. The third kappa shape index (κ3) is 5.89. The van der Waals surface area contributed by atoms with Gasteiger partial charge in [0.25, 0.3) is 0 Å². The fourth-order valence-electron chi connectivity index (χ4n) is 4.93. The van der Waals surface area contributed by atoms with Gasteiger partial charge in [-0.3, -0.25) is 14.3 Å². The highest BCUT2D eigenvalue weighted by Gasteiger charge is 2.43. The lowest BCUT2D eigenvalue weighted by Crippen LogP contribution is -2.48. The number of aliphatic hydroxyl groups excluding tert-OH is 1. The molecule has 0 saturated carbocycles. The number of hydrogen-bond donors (Lipinski definition) is 4. The minimum atomic E-state index is -0.785. The molecule has 0 radical (unpaired) electrons. The molecule has 11 nitrogen and oxygen atoms in total. The summed E-state index contributed by atoms with van der Waals surface area (Å²) in [6, 6.07) is 10.5. The van der Waals surface area contributed by atoms with Crippen LogP contribution < -0.4 is 16.4 Å². The monoisotopic (exact) mass is 523 g/mol. The van der Waals surface area contributed by atoms with E-state index in [0.717, 1.165) is 16.8 Å². The number of nitrogens with zero attached hydrogens (tertiary/aromatic N) is 4. The van der Waals surface area contributed by atoms with Crippen molar-refractivity contribution in [1.29, 1.82) is 0 Å². The summed E-state index contributed by atoms with van der Waals surface area (Å²) in [6.45, 7) is 6.77. The van der Waals surface area contributed by atoms with Crippen molar-refractivity contribution in [2.24, 2.45) is 18.7 Å². The zero-order valence-electron chi connectivity index (χ0n) is 22.3. The van der Waals surface area contributed by atoms with Crippen molar-refractivity contribution in [2.75, 3.05) is 25.0 Å². The summed E-state index contributed by atoms with van der Waals surface area (Å²) < 4.78 is 7.29. The minimum absolute atomic E-state index is 0.0837. The molecule has 1 aliphatic rings. The van der Waals surface area contributed by atoms with Crippen molar-refractivity contribution in [2.45, 2.75) is 51.3 Å². The number of anilines is 1. The Kier molecular flexibility index (Phi) is 8.48. The molecule has 204 valence electrons. The molecule has 1 aromatic carbocycles. The van der Waals surface area contributed by atoms with Crippen molar-refractivity contribution in [3.8, 4) is 11.3 Å². The number of carbonyl (C=O) groups excluding carboxylic acids is 2. The van der Waals surface area contributed by atoms with Crippen LogP contribution in [0.5, 0.6) is 0 Å². The van der Waals surface area contributed by atoms with Crippen molar-refractivity contribution in [1.82, 2.24) is 25.2 Å². The molecule has 5 N–H and O–H groups in total. The van der Waals surface area contributed by atoms with Crippen LogP contribution in [0.15, 0.2) is 47.1 Å². The fourth-order valence-corrected chi connectivity index (χ4v) is 4.93. The van der Waals surface area contributed by atoms with Gasteiger partial charge in [0, 0.05) is 45.4 Å². The normalized spacial score (nSPS) is 19.0. The number of benzene rings is 1. The highest BCUT2D eigenvalue weighted by Crippen LogP contribution is 2.32. The lowest BCUT2D eigenvalue weighted by atomic mass is 9.91. The number of nitrogens with one attached hydrogen (secondary N) is 2. The number of nitrogens with two attached hydrogens (primary N) is 1. The highest BCUT2D eigenvalue weighted by molar-refractivity contribution is 5.91. The number of amides is 2. The molecule has 1 fully saturated rings. The van der Waals surface area contributed by atoms with Crippen LogP contribution in [-0.4, -0.2) is 68.5 Å². The molecular weight excluding hydrogens is 486 g/mol. The van der Waals surface area contributed by atoms with Gasteiger partial charge in [-0.25, -0.2) is 0 Å². The first-order chi connectivity index (χ1) is 18.2. The number of likely N-dealkylation sites (tertiary alicyclic amines) is 1. The van der Waals surface area contributed by atoms with Crippen LogP contribution in [0, 0.1) is 5.92 Å². The molecule has 1 aliphatic heterocycles. The largest absolute Gasteiger partial charge is 0.391 e. The second kappa shape index (κ2) is 11.8. The average Bonchev–Trinajstić information content (AvgIpc) is 3.62. The zero-order valence-corrected chi connectivity index (χ0v) is 22.3. The molecule has 0 aliphatic carbocycles. The molecule has 11 heteroatoms. The molecule has 0 unspecified atom stereocenters. The SMILES string of the molecule is CC(C)[C@@H](C(=O)N1C[C@H](O)C[C@H]1C(=O)N[C@@H](C)c1ccc(-c2ccnn2C)cc1)c1cc(NCCN)no1. The summed E-state index contributed by atoms with van der Waals surface area (Å²) in [4.78, 5) is 28.5.